The molecule has 0 radical (unpaired) electrons. The lowest BCUT2D eigenvalue weighted by atomic mass is 10.1. The maximum Gasteiger partial charge on any atom is 0.228 e. The van der Waals surface area contributed by atoms with E-state index in [0.717, 1.165) is 31.5 Å². The van der Waals surface area contributed by atoms with Crippen molar-refractivity contribution in [2.75, 3.05) is 25.5 Å². The van der Waals surface area contributed by atoms with Crippen molar-refractivity contribution < 1.29 is 9.47 Å². The average molecular weight is 402 g/mol. The highest BCUT2D eigenvalue weighted by molar-refractivity contribution is 5.65. The zero-order valence-corrected chi connectivity index (χ0v) is 16.6. The van der Waals surface area contributed by atoms with E-state index >= 15 is 0 Å². The topological polar surface area (TPSA) is 105 Å². The predicted molar refractivity (Wildman–Crippen MR) is 113 cm³/mol. The normalized spacial score (nSPS) is 14.0. The monoisotopic (exact) mass is 402 g/mol. The largest absolute Gasteiger partial charge is 0.489 e. The summed E-state index contributed by atoms with van der Waals surface area (Å²) in [6.45, 7) is 1.87. The Kier molecular flexibility index (Phi) is 6.01. The average Bonchev–Trinajstić information content (AvgIpc) is 2.80. The molecule has 1 aliphatic rings. The van der Waals surface area contributed by atoms with E-state index < -0.39 is 0 Å². The summed E-state index contributed by atoms with van der Waals surface area (Å²) in [4.78, 5) is 13.1. The molecular weight excluding hydrogens is 380 g/mol. The Morgan fingerprint density at radius 1 is 1.13 bits per heavy atom. The van der Waals surface area contributed by atoms with Crippen LogP contribution in [0.15, 0.2) is 48.7 Å². The molecule has 0 bridgehead atoms. The van der Waals surface area contributed by atoms with Crippen molar-refractivity contribution in [3.05, 3.63) is 54.2 Å². The fraction of sp³-hybridized carbons (Fsp3) is 0.273. The number of aromatic nitrogens is 3. The molecule has 2 N–H and O–H groups in total. The number of nitrogens with one attached hydrogen (secondary N) is 2. The summed E-state index contributed by atoms with van der Waals surface area (Å²) in [7, 11) is 1.56. The highest BCUT2D eigenvalue weighted by Gasteiger charge is 2.17. The Morgan fingerprint density at radius 2 is 2.00 bits per heavy atom. The van der Waals surface area contributed by atoms with Crippen LogP contribution in [-0.4, -0.2) is 41.3 Å². The minimum absolute atomic E-state index is 0.134. The predicted octanol–water partition coefficient (Wildman–Crippen LogP) is 3.29. The third-order valence-electron chi connectivity index (χ3n) is 4.80. The first-order valence-electron chi connectivity index (χ1n) is 9.78. The smallest absolute Gasteiger partial charge is 0.228 e. The molecule has 1 fully saturated rings. The van der Waals surface area contributed by atoms with E-state index in [1.807, 2.05) is 18.2 Å². The summed E-state index contributed by atoms with van der Waals surface area (Å²) < 4.78 is 11.2. The molecule has 3 aromatic rings. The number of benzene rings is 1. The van der Waals surface area contributed by atoms with Crippen LogP contribution in [0.2, 0.25) is 0 Å². The van der Waals surface area contributed by atoms with Gasteiger partial charge in [-0.05, 0) is 56.3 Å². The molecule has 1 aliphatic heterocycles. The van der Waals surface area contributed by atoms with Crippen molar-refractivity contribution in [2.45, 2.75) is 18.9 Å². The molecule has 1 saturated heterocycles. The van der Waals surface area contributed by atoms with E-state index in [1.54, 1.807) is 37.6 Å². The molecule has 30 heavy (non-hydrogen) atoms. The van der Waals surface area contributed by atoms with Gasteiger partial charge in [-0.1, -0.05) is 6.07 Å². The van der Waals surface area contributed by atoms with Gasteiger partial charge >= 0.3 is 0 Å². The number of pyridine rings is 1. The van der Waals surface area contributed by atoms with Gasteiger partial charge in [0.25, 0.3) is 0 Å². The Hall–Kier alpha value is -3.70. The van der Waals surface area contributed by atoms with Crippen molar-refractivity contribution in [1.82, 2.24) is 20.3 Å². The summed E-state index contributed by atoms with van der Waals surface area (Å²) in [6.07, 6.45) is 3.67. The number of nitriles is 1. The lowest BCUT2D eigenvalue weighted by molar-refractivity contribution is 0.162. The SMILES string of the molecule is COc1cccc(Nc2nccc(-c3ccc(OC4CCNCC4)c(C#N)c3)n2)n1. The van der Waals surface area contributed by atoms with Gasteiger partial charge in [-0.2, -0.15) is 10.2 Å². The van der Waals surface area contributed by atoms with Crippen LogP contribution in [0.1, 0.15) is 18.4 Å². The Labute approximate surface area is 174 Å². The fourth-order valence-corrected chi connectivity index (χ4v) is 3.26. The minimum Gasteiger partial charge on any atom is -0.489 e. The molecule has 0 unspecified atom stereocenters. The Morgan fingerprint density at radius 3 is 2.80 bits per heavy atom. The van der Waals surface area contributed by atoms with Crippen LogP contribution in [0.4, 0.5) is 11.8 Å². The number of nitrogens with zero attached hydrogens (tertiary/aromatic N) is 4. The maximum atomic E-state index is 9.61. The van der Waals surface area contributed by atoms with Crippen LogP contribution in [0, 0.1) is 11.3 Å². The first-order valence-corrected chi connectivity index (χ1v) is 9.78. The van der Waals surface area contributed by atoms with Crippen LogP contribution >= 0.6 is 0 Å². The number of piperidine rings is 1. The number of ether oxygens (including phenoxy) is 2. The van der Waals surface area contributed by atoms with Gasteiger partial charge < -0.3 is 20.1 Å². The maximum absolute atomic E-state index is 9.61. The molecule has 0 atom stereocenters. The zero-order chi connectivity index (χ0) is 20.8. The number of rotatable bonds is 6. The van der Waals surface area contributed by atoms with Gasteiger partial charge in [0.2, 0.25) is 11.8 Å². The van der Waals surface area contributed by atoms with Crippen LogP contribution in [0.3, 0.4) is 0 Å². The second-order valence-electron chi connectivity index (χ2n) is 6.85. The molecule has 2 aromatic heterocycles. The van der Waals surface area contributed by atoms with Gasteiger partial charge in [0, 0.05) is 17.8 Å². The number of hydrogen-bond acceptors (Lipinski definition) is 8. The van der Waals surface area contributed by atoms with E-state index in [1.165, 1.54) is 0 Å². The minimum atomic E-state index is 0.134. The lowest BCUT2D eigenvalue weighted by Gasteiger charge is -2.24. The van der Waals surface area contributed by atoms with Gasteiger partial charge in [-0.3, -0.25) is 0 Å². The Bertz CT molecular complexity index is 1060. The highest BCUT2D eigenvalue weighted by Crippen LogP contribution is 2.28. The van der Waals surface area contributed by atoms with E-state index in [4.69, 9.17) is 9.47 Å². The van der Waals surface area contributed by atoms with E-state index in [-0.39, 0.29) is 6.10 Å². The summed E-state index contributed by atoms with van der Waals surface area (Å²) >= 11 is 0. The van der Waals surface area contributed by atoms with E-state index in [0.29, 0.717) is 34.7 Å². The summed E-state index contributed by atoms with van der Waals surface area (Å²) in [6, 6.07) is 15.0. The molecule has 8 heteroatoms. The highest BCUT2D eigenvalue weighted by atomic mass is 16.5. The molecule has 8 nitrogen and oxygen atoms in total. The third kappa shape index (κ3) is 4.64. The second kappa shape index (κ2) is 9.20. The first kappa shape index (κ1) is 19.6. The van der Waals surface area contributed by atoms with Crippen LogP contribution < -0.4 is 20.1 Å². The molecule has 0 aliphatic carbocycles. The van der Waals surface area contributed by atoms with Crippen molar-refractivity contribution in [1.29, 1.82) is 5.26 Å². The fourth-order valence-electron chi connectivity index (χ4n) is 3.26. The third-order valence-corrected chi connectivity index (χ3v) is 4.80. The molecular formula is C22H22N6O2. The molecule has 0 spiro atoms. The Balaban J connectivity index is 1.54. The van der Waals surface area contributed by atoms with Gasteiger partial charge in [0.15, 0.2) is 0 Å². The van der Waals surface area contributed by atoms with E-state index in [2.05, 4.69) is 31.7 Å². The quantitative estimate of drug-likeness (QED) is 0.647. The van der Waals surface area contributed by atoms with Crippen LogP contribution in [0.25, 0.3) is 11.3 Å². The number of anilines is 2. The van der Waals surface area contributed by atoms with Gasteiger partial charge in [0.1, 0.15) is 23.7 Å². The van der Waals surface area contributed by atoms with Crippen LogP contribution in [-0.2, 0) is 0 Å². The van der Waals surface area contributed by atoms with Crippen molar-refractivity contribution in [3.63, 3.8) is 0 Å². The number of methoxy groups -OCH3 is 1. The first-order chi connectivity index (χ1) is 14.7. The second-order valence-corrected chi connectivity index (χ2v) is 6.85. The van der Waals surface area contributed by atoms with Gasteiger partial charge in [-0.25, -0.2) is 9.97 Å². The van der Waals surface area contributed by atoms with E-state index in [9.17, 15) is 5.26 Å². The van der Waals surface area contributed by atoms with Crippen LogP contribution in [0.5, 0.6) is 11.6 Å². The standard InChI is InChI=1S/C22H22N6O2/c1-29-21-4-2-3-20(27-21)28-22-25-12-9-18(26-22)15-5-6-19(16(13-15)14-23)30-17-7-10-24-11-8-17/h2-6,9,12-13,17,24H,7-8,10-11H2,1H3,(H,25,26,27,28). The molecule has 152 valence electrons. The lowest BCUT2D eigenvalue weighted by Crippen LogP contribution is -2.34. The van der Waals surface area contributed by atoms with Crippen molar-refractivity contribution in [2.24, 2.45) is 0 Å². The van der Waals surface area contributed by atoms with Crippen molar-refractivity contribution >= 4 is 11.8 Å². The number of hydrogen-bond donors (Lipinski definition) is 2. The molecule has 0 amide bonds. The van der Waals surface area contributed by atoms with Crippen molar-refractivity contribution in [3.8, 4) is 29.0 Å². The summed E-state index contributed by atoms with van der Waals surface area (Å²) in [5, 5.41) is 16.0. The van der Waals surface area contributed by atoms with Gasteiger partial charge in [-0.15, -0.1) is 0 Å². The zero-order valence-electron chi connectivity index (χ0n) is 16.6. The summed E-state index contributed by atoms with van der Waals surface area (Å²) in [5.41, 5.74) is 2.00. The molecule has 0 saturated carbocycles. The molecule has 3 heterocycles. The van der Waals surface area contributed by atoms with Gasteiger partial charge in [0.05, 0.1) is 18.4 Å². The molecule has 4 rings (SSSR count). The summed E-state index contributed by atoms with van der Waals surface area (Å²) in [5.74, 6) is 2.09. The molecule has 1 aromatic carbocycles.